The second-order valence-corrected chi connectivity index (χ2v) is 3.90. The predicted octanol–water partition coefficient (Wildman–Crippen LogP) is -0.928. The summed E-state index contributed by atoms with van der Waals surface area (Å²) in [6, 6.07) is 0. The van der Waals surface area contributed by atoms with Gasteiger partial charge in [0.15, 0.2) is 0 Å². The highest BCUT2D eigenvalue weighted by Crippen LogP contribution is 2.06. The molecule has 2 heterocycles. The van der Waals surface area contributed by atoms with Crippen LogP contribution in [0, 0.1) is 0 Å². The van der Waals surface area contributed by atoms with Crippen molar-refractivity contribution < 1.29 is 9.59 Å². The third-order valence-corrected chi connectivity index (χ3v) is 2.58. The van der Waals surface area contributed by atoms with Crippen molar-refractivity contribution in [2.75, 3.05) is 13.6 Å². The van der Waals surface area contributed by atoms with Crippen LogP contribution < -0.4 is 5.32 Å². The van der Waals surface area contributed by atoms with E-state index >= 15 is 0 Å². The summed E-state index contributed by atoms with van der Waals surface area (Å²) >= 11 is 0. The zero-order chi connectivity index (χ0) is 13.0. The molecule has 8 heteroatoms. The van der Waals surface area contributed by atoms with Crippen molar-refractivity contribution >= 4 is 17.5 Å². The number of rotatable bonds is 4. The Bertz CT molecular complexity index is 467. The van der Waals surface area contributed by atoms with Crippen LogP contribution in [0.1, 0.15) is 18.7 Å². The number of carbonyl (C=O) groups is 2. The topological polar surface area (TPSA) is 103 Å². The van der Waals surface area contributed by atoms with Crippen molar-refractivity contribution in [2.24, 2.45) is 5.10 Å². The summed E-state index contributed by atoms with van der Waals surface area (Å²) in [6.45, 7) is 0.449. The number of H-pyrrole nitrogens is 1. The van der Waals surface area contributed by atoms with E-state index in [4.69, 9.17) is 0 Å². The number of carbonyl (C=O) groups excluding carboxylic acids is 2. The van der Waals surface area contributed by atoms with E-state index in [9.17, 15) is 9.59 Å². The molecule has 0 atom stereocenters. The predicted molar refractivity (Wildman–Crippen MR) is 62.5 cm³/mol. The first kappa shape index (κ1) is 12.2. The largest absolute Gasteiger partial charge is 0.350 e. The molecule has 1 aromatic heterocycles. The molecule has 0 radical (unpaired) electrons. The Kier molecular flexibility index (Phi) is 3.66. The van der Waals surface area contributed by atoms with Crippen molar-refractivity contribution in [2.45, 2.75) is 19.3 Å². The van der Waals surface area contributed by atoms with Gasteiger partial charge in [0.25, 0.3) is 5.91 Å². The molecular weight excluding hydrogens is 236 g/mol. The van der Waals surface area contributed by atoms with Gasteiger partial charge in [-0.1, -0.05) is 0 Å². The monoisotopic (exact) mass is 250 g/mol. The maximum Gasteiger partial charge on any atom is 0.267 e. The number of amides is 2. The number of aromatic nitrogens is 3. The second kappa shape index (κ2) is 5.39. The molecule has 1 aliphatic heterocycles. The van der Waals surface area contributed by atoms with E-state index in [1.165, 1.54) is 11.3 Å². The summed E-state index contributed by atoms with van der Waals surface area (Å²) in [5, 5.41) is 14.3. The van der Waals surface area contributed by atoms with Gasteiger partial charge in [0.1, 0.15) is 17.9 Å². The Labute approximate surface area is 103 Å². The summed E-state index contributed by atoms with van der Waals surface area (Å²) in [5.41, 5.74) is 0.384. The van der Waals surface area contributed by atoms with Crippen molar-refractivity contribution in [1.29, 1.82) is 0 Å². The first-order valence-electron chi connectivity index (χ1n) is 5.63. The summed E-state index contributed by atoms with van der Waals surface area (Å²) < 4.78 is 0. The molecule has 0 aliphatic carbocycles. The van der Waals surface area contributed by atoms with Crippen LogP contribution in [0.3, 0.4) is 0 Å². The van der Waals surface area contributed by atoms with E-state index < -0.39 is 0 Å². The normalized spacial score (nSPS) is 15.5. The zero-order valence-corrected chi connectivity index (χ0v) is 10.0. The van der Waals surface area contributed by atoms with Crippen LogP contribution in [0.5, 0.6) is 0 Å². The average molecular weight is 250 g/mol. The highest BCUT2D eigenvalue weighted by atomic mass is 16.2. The lowest BCUT2D eigenvalue weighted by Crippen LogP contribution is -2.38. The molecule has 0 aromatic carbocycles. The fourth-order valence-corrected chi connectivity index (χ4v) is 1.58. The Balaban J connectivity index is 1.81. The van der Waals surface area contributed by atoms with Gasteiger partial charge in [-0.25, -0.2) is 9.99 Å². The van der Waals surface area contributed by atoms with E-state index in [0.717, 1.165) is 0 Å². The van der Waals surface area contributed by atoms with Crippen molar-refractivity contribution in [3.8, 4) is 0 Å². The van der Waals surface area contributed by atoms with Crippen LogP contribution >= 0.6 is 0 Å². The first-order valence-corrected chi connectivity index (χ1v) is 5.63. The fourth-order valence-electron chi connectivity index (χ4n) is 1.58. The summed E-state index contributed by atoms with van der Waals surface area (Å²) in [4.78, 5) is 26.9. The van der Waals surface area contributed by atoms with Gasteiger partial charge in [0.2, 0.25) is 5.91 Å². The van der Waals surface area contributed by atoms with Gasteiger partial charge in [-0.15, -0.1) is 0 Å². The minimum Gasteiger partial charge on any atom is -0.350 e. The van der Waals surface area contributed by atoms with E-state index in [0.29, 0.717) is 37.3 Å². The number of aromatic amines is 1. The third-order valence-electron chi connectivity index (χ3n) is 2.58. The van der Waals surface area contributed by atoms with Gasteiger partial charge in [0.05, 0.1) is 0 Å². The van der Waals surface area contributed by atoms with Crippen LogP contribution in [-0.4, -0.2) is 51.3 Å². The molecule has 1 aromatic rings. The lowest BCUT2D eigenvalue weighted by atomic mass is 10.1. The molecule has 2 rings (SSSR count). The molecule has 0 unspecified atom stereocenters. The minimum atomic E-state index is -0.242. The highest BCUT2D eigenvalue weighted by molar-refractivity contribution is 6.39. The van der Waals surface area contributed by atoms with Crippen molar-refractivity contribution in [1.82, 2.24) is 25.5 Å². The molecule has 18 heavy (non-hydrogen) atoms. The molecule has 0 saturated heterocycles. The smallest absolute Gasteiger partial charge is 0.267 e. The van der Waals surface area contributed by atoms with Gasteiger partial charge >= 0.3 is 0 Å². The maximum atomic E-state index is 11.8. The SMILES string of the molecule is CN1N=C(C(=O)NCCc2ncn[nH]2)CCC1=O. The lowest BCUT2D eigenvalue weighted by Gasteiger charge is -2.18. The Morgan fingerprint density at radius 2 is 2.39 bits per heavy atom. The van der Waals surface area contributed by atoms with E-state index in [2.05, 4.69) is 25.6 Å². The van der Waals surface area contributed by atoms with E-state index in [1.807, 2.05) is 0 Å². The minimum absolute atomic E-state index is 0.0757. The van der Waals surface area contributed by atoms with E-state index in [1.54, 1.807) is 7.05 Å². The standard InChI is InChI=1S/C10H14N6O2/c1-16-9(17)3-2-7(15-16)10(18)11-5-4-8-12-6-13-14-8/h6H,2-5H2,1H3,(H,11,18)(H,12,13,14). The van der Waals surface area contributed by atoms with Gasteiger partial charge in [0, 0.05) is 32.9 Å². The zero-order valence-electron chi connectivity index (χ0n) is 10.0. The van der Waals surface area contributed by atoms with E-state index in [-0.39, 0.29) is 11.8 Å². The molecule has 0 spiro atoms. The third kappa shape index (κ3) is 2.90. The Hall–Kier alpha value is -2.25. The summed E-state index contributed by atoms with van der Waals surface area (Å²) in [5.74, 6) is 0.398. The molecule has 0 saturated carbocycles. The van der Waals surface area contributed by atoms with Crippen molar-refractivity contribution in [3.63, 3.8) is 0 Å². The van der Waals surface area contributed by atoms with Gasteiger partial charge in [-0.05, 0) is 0 Å². The average Bonchev–Trinajstić information content (AvgIpc) is 2.85. The Morgan fingerprint density at radius 1 is 1.56 bits per heavy atom. The number of hydrogen-bond donors (Lipinski definition) is 2. The molecule has 1 aliphatic rings. The van der Waals surface area contributed by atoms with Gasteiger partial charge in [-0.3, -0.25) is 14.7 Å². The van der Waals surface area contributed by atoms with Crippen molar-refractivity contribution in [3.05, 3.63) is 12.2 Å². The highest BCUT2D eigenvalue weighted by Gasteiger charge is 2.21. The number of hydrazone groups is 1. The molecule has 0 bridgehead atoms. The molecule has 96 valence electrons. The molecule has 2 N–H and O–H groups in total. The van der Waals surface area contributed by atoms with Gasteiger partial charge in [-0.2, -0.15) is 10.2 Å². The summed E-state index contributed by atoms with van der Waals surface area (Å²) in [7, 11) is 1.54. The quantitative estimate of drug-likeness (QED) is 0.720. The molecule has 8 nitrogen and oxygen atoms in total. The van der Waals surface area contributed by atoms with Crippen LogP contribution in [0.15, 0.2) is 11.4 Å². The number of nitrogens with zero attached hydrogens (tertiary/aromatic N) is 4. The lowest BCUT2D eigenvalue weighted by molar-refractivity contribution is -0.130. The van der Waals surface area contributed by atoms with Crippen LogP contribution in [-0.2, 0) is 16.0 Å². The van der Waals surface area contributed by atoms with Crippen LogP contribution in [0.4, 0.5) is 0 Å². The molecule has 2 amide bonds. The first-order chi connectivity index (χ1) is 8.66. The van der Waals surface area contributed by atoms with Crippen LogP contribution in [0.2, 0.25) is 0 Å². The maximum absolute atomic E-state index is 11.8. The number of nitrogens with one attached hydrogen (secondary N) is 2. The Morgan fingerprint density at radius 3 is 3.06 bits per heavy atom. The van der Waals surface area contributed by atoms with Gasteiger partial charge < -0.3 is 5.32 Å². The summed E-state index contributed by atoms with van der Waals surface area (Å²) in [6.07, 6.45) is 2.71. The molecular formula is C10H14N6O2. The fraction of sp³-hybridized carbons (Fsp3) is 0.500. The second-order valence-electron chi connectivity index (χ2n) is 3.90. The van der Waals surface area contributed by atoms with Crippen LogP contribution in [0.25, 0.3) is 0 Å². The molecule has 0 fully saturated rings. The number of hydrogen-bond acceptors (Lipinski definition) is 5.